The highest BCUT2D eigenvalue weighted by atomic mass is 35.5. The van der Waals surface area contributed by atoms with Crippen LogP contribution < -0.4 is 4.90 Å². The van der Waals surface area contributed by atoms with Crippen molar-refractivity contribution in [1.82, 2.24) is 14.9 Å². The third-order valence-corrected chi connectivity index (χ3v) is 3.49. The van der Waals surface area contributed by atoms with Crippen molar-refractivity contribution in [2.75, 3.05) is 31.1 Å². The molecule has 0 aromatic carbocycles. The first-order chi connectivity index (χ1) is 10.2. The number of carbonyl (C=O) groups is 1. The summed E-state index contributed by atoms with van der Waals surface area (Å²) in [6.07, 6.45) is -5.24. The number of aliphatic hydroxyl groups is 1. The SMILES string of the molecule is O=C(O)N1CCN(c2ncc(C(F)(F)F)nc2Cl)[C@@H](CO)C1. The van der Waals surface area contributed by atoms with Gasteiger partial charge in [-0.25, -0.2) is 14.8 Å². The van der Waals surface area contributed by atoms with Crippen LogP contribution >= 0.6 is 11.6 Å². The number of aromatic nitrogens is 2. The van der Waals surface area contributed by atoms with Crippen LogP contribution in [0.1, 0.15) is 5.69 Å². The maximum absolute atomic E-state index is 12.5. The highest BCUT2D eigenvalue weighted by Crippen LogP contribution is 2.31. The van der Waals surface area contributed by atoms with Crippen molar-refractivity contribution in [2.45, 2.75) is 12.2 Å². The lowest BCUT2D eigenvalue weighted by Crippen LogP contribution is -2.56. The molecule has 2 rings (SSSR count). The Hall–Kier alpha value is -1.81. The molecule has 0 aliphatic carbocycles. The van der Waals surface area contributed by atoms with Gasteiger partial charge in [-0.15, -0.1) is 0 Å². The summed E-state index contributed by atoms with van der Waals surface area (Å²) in [5, 5.41) is 17.9. The normalized spacial score (nSPS) is 19.4. The lowest BCUT2D eigenvalue weighted by Gasteiger charge is -2.40. The lowest BCUT2D eigenvalue weighted by atomic mass is 10.2. The predicted molar refractivity (Wildman–Crippen MR) is 69.9 cm³/mol. The Kier molecular flexibility index (Phi) is 4.61. The summed E-state index contributed by atoms with van der Waals surface area (Å²) in [6.45, 7) is -0.157. The third kappa shape index (κ3) is 3.33. The molecule has 1 fully saturated rings. The van der Waals surface area contributed by atoms with E-state index in [1.165, 1.54) is 4.90 Å². The van der Waals surface area contributed by atoms with Crippen LogP contribution in [-0.2, 0) is 6.18 Å². The Balaban J connectivity index is 2.26. The number of rotatable bonds is 2. The molecule has 2 N–H and O–H groups in total. The Bertz CT molecular complexity index is 572. The van der Waals surface area contributed by atoms with Gasteiger partial charge in [-0.3, -0.25) is 0 Å². The summed E-state index contributed by atoms with van der Waals surface area (Å²) in [5.74, 6) is -0.0150. The molecule has 0 radical (unpaired) electrons. The number of hydrogen-bond acceptors (Lipinski definition) is 5. The molecular formula is C11H12ClF3N4O3. The molecule has 11 heteroatoms. The van der Waals surface area contributed by atoms with Crippen LogP contribution in [0, 0.1) is 0 Å². The van der Waals surface area contributed by atoms with Crippen molar-refractivity contribution in [3.05, 3.63) is 17.0 Å². The fraction of sp³-hybridized carbons (Fsp3) is 0.545. The number of carboxylic acid groups (broad SMARTS) is 1. The van der Waals surface area contributed by atoms with Crippen molar-refractivity contribution >= 4 is 23.5 Å². The quantitative estimate of drug-likeness (QED) is 0.843. The predicted octanol–water partition coefficient (Wildman–Crippen LogP) is 1.31. The minimum absolute atomic E-state index is 0.00906. The molecule has 1 atom stereocenters. The van der Waals surface area contributed by atoms with Gasteiger partial charge in [0.2, 0.25) is 0 Å². The highest BCUT2D eigenvalue weighted by molar-refractivity contribution is 6.31. The average Bonchev–Trinajstić information content (AvgIpc) is 2.45. The van der Waals surface area contributed by atoms with Crippen molar-refractivity contribution in [2.24, 2.45) is 0 Å². The number of anilines is 1. The first-order valence-corrected chi connectivity index (χ1v) is 6.57. The largest absolute Gasteiger partial charge is 0.465 e. The van der Waals surface area contributed by atoms with Crippen LogP contribution in [0.2, 0.25) is 5.15 Å². The van der Waals surface area contributed by atoms with Crippen LogP contribution in [-0.4, -0.2) is 63.5 Å². The molecule has 22 heavy (non-hydrogen) atoms. The summed E-state index contributed by atoms with van der Waals surface area (Å²) in [5.41, 5.74) is -1.22. The maximum atomic E-state index is 12.5. The molecule has 1 aliphatic rings. The second-order valence-corrected chi connectivity index (χ2v) is 4.98. The average molecular weight is 341 g/mol. The zero-order valence-electron chi connectivity index (χ0n) is 11.1. The maximum Gasteiger partial charge on any atom is 0.434 e. The number of halogens is 4. The summed E-state index contributed by atoms with van der Waals surface area (Å²) < 4.78 is 37.6. The van der Waals surface area contributed by atoms with Gasteiger partial charge in [0.05, 0.1) is 18.8 Å². The van der Waals surface area contributed by atoms with E-state index in [1.807, 2.05) is 0 Å². The third-order valence-electron chi connectivity index (χ3n) is 3.24. The van der Waals surface area contributed by atoms with Gasteiger partial charge in [-0.2, -0.15) is 13.2 Å². The van der Waals surface area contributed by atoms with Gasteiger partial charge in [0, 0.05) is 19.6 Å². The Morgan fingerprint density at radius 1 is 1.45 bits per heavy atom. The van der Waals surface area contributed by atoms with E-state index in [4.69, 9.17) is 16.7 Å². The fourth-order valence-electron chi connectivity index (χ4n) is 2.15. The van der Waals surface area contributed by atoms with Gasteiger partial charge in [0.15, 0.2) is 16.7 Å². The van der Waals surface area contributed by atoms with Gasteiger partial charge in [-0.1, -0.05) is 11.6 Å². The Labute approximate surface area is 127 Å². The molecule has 2 heterocycles. The molecule has 0 spiro atoms. The summed E-state index contributed by atoms with van der Waals surface area (Å²) in [4.78, 5) is 20.4. The first-order valence-electron chi connectivity index (χ1n) is 6.19. The molecular weight excluding hydrogens is 329 g/mol. The smallest absolute Gasteiger partial charge is 0.434 e. The summed E-state index contributed by atoms with van der Waals surface area (Å²) in [7, 11) is 0. The molecule has 1 amide bonds. The van der Waals surface area contributed by atoms with E-state index >= 15 is 0 Å². The van der Waals surface area contributed by atoms with Gasteiger partial charge < -0.3 is 20.0 Å². The van der Waals surface area contributed by atoms with Crippen LogP contribution in [0.3, 0.4) is 0 Å². The molecule has 0 bridgehead atoms. The van der Waals surface area contributed by atoms with E-state index in [-0.39, 0.29) is 25.5 Å². The van der Waals surface area contributed by atoms with Crippen LogP contribution in [0.15, 0.2) is 6.20 Å². The zero-order valence-corrected chi connectivity index (χ0v) is 11.8. The van der Waals surface area contributed by atoms with Crippen LogP contribution in [0.5, 0.6) is 0 Å². The van der Waals surface area contributed by atoms with E-state index in [2.05, 4.69) is 9.97 Å². The van der Waals surface area contributed by atoms with Crippen molar-refractivity contribution in [3.8, 4) is 0 Å². The Morgan fingerprint density at radius 3 is 2.64 bits per heavy atom. The number of amides is 1. The molecule has 1 aliphatic heterocycles. The second kappa shape index (κ2) is 6.13. The van der Waals surface area contributed by atoms with Crippen molar-refractivity contribution in [3.63, 3.8) is 0 Å². The van der Waals surface area contributed by atoms with Gasteiger partial charge in [0.1, 0.15) is 0 Å². The van der Waals surface area contributed by atoms with Crippen LogP contribution in [0.25, 0.3) is 0 Å². The van der Waals surface area contributed by atoms with E-state index in [1.54, 1.807) is 0 Å². The fourth-order valence-corrected chi connectivity index (χ4v) is 2.40. The zero-order chi connectivity index (χ0) is 16.5. The standard InChI is InChI=1S/C11H12ClF3N4O3/c12-8-9(16-3-7(17-8)11(13,14)15)19-2-1-18(10(21)22)4-6(19)5-20/h3,6,20H,1-2,4-5H2,(H,21,22)/t6-/m1/s1. The van der Waals surface area contributed by atoms with E-state index < -0.39 is 35.8 Å². The molecule has 0 saturated carbocycles. The van der Waals surface area contributed by atoms with Crippen molar-refractivity contribution in [1.29, 1.82) is 0 Å². The van der Waals surface area contributed by atoms with E-state index in [0.29, 0.717) is 6.20 Å². The minimum Gasteiger partial charge on any atom is -0.465 e. The highest BCUT2D eigenvalue weighted by Gasteiger charge is 2.36. The van der Waals surface area contributed by atoms with E-state index in [9.17, 15) is 23.1 Å². The Morgan fingerprint density at radius 2 is 2.14 bits per heavy atom. The first kappa shape index (κ1) is 16.6. The molecule has 1 aromatic heterocycles. The lowest BCUT2D eigenvalue weighted by molar-refractivity contribution is -0.141. The number of piperazine rings is 1. The molecule has 0 unspecified atom stereocenters. The van der Waals surface area contributed by atoms with Crippen molar-refractivity contribution < 1.29 is 28.2 Å². The number of hydrogen-bond donors (Lipinski definition) is 2. The number of aliphatic hydroxyl groups excluding tert-OH is 1. The minimum atomic E-state index is -4.66. The van der Waals surface area contributed by atoms with Gasteiger partial charge in [0.25, 0.3) is 0 Å². The second-order valence-electron chi connectivity index (χ2n) is 4.63. The topological polar surface area (TPSA) is 89.8 Å². The number of nitrogens with zero attached hydrogens (tertiary/aromatic N) is 4. The van der Waals surface area contributed by atoms with E-state index in [0.717, 1.165) is 4.90 Å². The monoisotopic (exact) mass is 340 g/mol. The van der Waals surface area contributed by atoms with Gasteiger partial charge >= 0.3 is 12.3 Å². The molecule has 1 saturated heterocycles. The summed E-state index contributed by atoms with van der Waals surface area (Å²) >= 11 is 5.76. The molecule has 1 aromatic rings. The molecule has 122 valence electrons. The number of alkyl halides is 3. The van der Waals surface area contributed by atoms with Crippen LogP contribution in [0.4, 0.5) is 23.8 Å². The summed E-state index contributed by atoms with van der Waals surface area (Å²) in [6, 6.07) is -0.659. The molecule has 7 nitrogen and oxygen atoms in total. The van der Waals surface area contributed by atoms with Gasteiger partial charge in [-0.05, 0) is 0 Å².